The third-order valence-corrected chi connectivity index (χ3v) is 5.45. The van der Waals surface area contributed by atoms with Crippen molar-refractivity contribution in [3.05, 3.63) is 57.6 Å². The van der Waals surface area contributed by atoms with E-state index in [1.165, 1.54) is 17.3 Å². The van der Waals surface area contributed by atoms with Crippen LogP contribution in [-0.4, -0.2) is 16.8 Å². The molecule has 4 nitrogen and oxygen atoms in total. The highest BCUT2D eigenvalue weighted by Gasteiger charge is 2.16. The molecule has 0 atom stereocenters. The van der Waals surface area contributed by atoms with E-state index in [2.05, 4.69) is 10.2 Å². The number of rotatable bonds is 4. The third-order valence-electron chi connectivity index (χ3n) is 3.73. The molecule has 0 radical (unpaired) electrons. The lowest BCUT2D eigenvalue weighted by molar-refractivity contribution is 0.357. The summed E-state index contributed by atoms with van der Waals surface area (Å²) in [7, 11) is 0. The minimum atomic E-state index is 0.498. The predicted octanol–water partition coefficient (Wildman–Crippen LogP) is 5.27. The van der Waals surface area contributed by atoms with Crippen LogP contribution in [0.1, 0.15) is 11.1 Å². The summed E-state index contributed by atoms with van der Waals surface area (Å²) >= 11 is 13.6. The van der Waals surface area contributed by atoms with E-state index in [0.717, 1.165) is 29.9 Å². The molecule has 0 saturated heterocycles. The molecule has 7 heteroatoms. The van der Waals surface area contributed by atoms with Crippen molar-refractivity contribution in [1.82, 2.24) is 10.2 Å². The van der Waals surface area contributed by atoms with E-state index in [1.807, 2.05) is 30.3 Å². The summed E-state index contributed by atoms with van der Waals surface area (Å²) in [6, 6.07) is 11.5. The zero-order valence-corrected chi connectivity index (χ0v) is 14.8. The first-order chi connectivity index (χ1) is 11.7. The van der Waals surface area contributed by atoms with Gasteiger partial charge in [-0.05, 0) is 35.4 Å². The van der Waals surface area contributed by atoms with Gasteiger partial charge in [0.1, 0.15) is 5.75 Å². The Morgan fingerprint density at radius 2 is 2.04 bits per heavy atom. The maximum absolute atomic E-state index is 6.19. The highest BCUT2D eigenvalue weighted by Crippen LogP contribution is 2.33. The Labute approximate surface area is 153 Å². The minimum Gasteiger partial charge on any atom is -0.493 e. The second-order valence-corrected chi connectivity index (χ2v) is 7.01. The fourth-order valence-electron chi connectivity index (χ4n) is 2.50. The van der Waals surface area contributed by atoms with Crippen LogP contribution >= 0.6 is 35.0 Å². The Hall–Kier alpha value is -1.69. The standard InChI is InChI=1S/C17H12Cl2N2O2S/c18-13-3-1-2-12(15(13)19)9-24-17-21-20-16(23-17)11-4-5-14-10(8-11)6-7-22-14/h1-5,8H,6-7,9H2. The molecule has 2 heterocycles. The number of ether oxygens (including phenoxy) is 1. The van der Waals surface area contributed by atoms with Crippen LogP contribution in [0.2, 0.25) is 10.0 Å². The van der Waals surface area contributed by atoms with E-state index in [0.29, 0.717) is 26.9 Å². The lowest BCUT2D eigenvalue weighted by atomic mass is 10.1. The predicted molar refractivity (Wildman–Crippen MR) is 95.0 cm³/mol. The van der Waals surface area contributed by atoms with Gasteiger partial charge in [-0.1, -0.05) is 47.1 Å². The molecule has 0 aliphatic carbocycles. The van der Waals surface area contributed by atoms with Crippen LogP contribution in [0.5, 0.6) is 5.75 Å². The van der Waals surface area contributed by atoms with E-state index >= 15 is 0 Å². The summed E-state index contributed by atoms with van der Waals surface area (Å²) in [5, 5.41) is 9.82. The summed E-state index contributed by atoms with van der Waals surface area (Å²) in [6.45, 7) is 0.726. The van der Waals surface area contributed by atoms with Gasteiger partial charge in [0.15, 0.2) is 0 Å². The highest BCUT2D eigenvalue weighted by atomic mass is 35.5. The van der Waals surface area contributed by atoms with Crippen LogP contribution in [0.4, 0.5) is 0 Å². The molecular weight excluding hydrogens is 367 g/mol. The summed E-state index contributed by atoms with van der Waals surface area (Å²) in [6.07, 6.45) is 0.909. The second kappa shape index (κ2) is 6.67. The number of nitrogens with zero attached hydrogens (tertiary/aromatic N) is 2. The molecule has 122 valence electrons. The van der Waals surface area contributed by atoms with E-state index in [1.54, 1.807) is 6.07 Å². The molecule has 3 aromatic rings. The lowest BCUT2D eigenvalue weighted by Crippen LogP contribution is -1.85. The van der Waals surface area contributed by atoms with Crippen LogP contribution in [0.3, 0.4) is 0 Å². The fourth-order valence-corrected chi connectivity index (χ4v) is 3.73. The highest BCUT2D eigenvalue weighted by molar-refractivity contribution is 7.98. The fraction of sp³-hybridized carbons (Fsp3) is 0.176. The molecule has 2 aromatic carbocycles. The monoisotopic (exact) mass is 378 g/mol. The van der Waals surface area contributed by atoms with Crippen molar-refractivity contribution in [2.24, 2.45) is 0 Å². The zero-order valence-electron chi connectivity index (χ0n) is 12.5. The van der Waals surface area contributed by atoms with Gasteiger partial charge in [0.2, 0.25) is 5.89 Å². The number of benzene rings is 2. The summed E-state index contributed by atoms with van der Waals surface area (Å²) in [4.78, 5) is 0. The number of halogens is 2. The second-order valence-electron chi connectivity index (χ2n) is 5.30. The van der Waals surface area contributed by atoms with Gasteiger partial charge in [-0.2, -0.15) is 0 Å². The first-order valence-electron chi connectivity index (χ1n) is 7.36. The lowest BCUT2D eigenvalue weighted by Gasteiger charge is -2.03. The molecule has 0 amide bonds. The number of thioether (sulfide) groups is 1. The van der Waals surface area contributed by atoms with E-state index < -0.39 is 0 Å². The van der Waals surface area contributed by atoms with Crippen molar-refractivity contribution in [2.45, 2.75) is 17.4 Å². The van der Waals surface area contributed by atoms with Crippen molar-refractivity contribution in [2.75, 3.05) is 6.61 Å². The first kappa shape index (κ1) is 15.8. The van der Waals surface area contributed by atoms with Crippen molar-refractivity contribution < 1.29 is 9.15 Å². The first-order valence-corrected chi connectivity index (χ1v) is 9.10. The summed E-state index contributed by atoms with van der Waals surface area (Å²) in [5.74, 6) is 2.05. The average Bonchev–Trinajstić information content (AvgIpc) is 3.24. The molecule has 1 aliphatic rings. The van der Waals surface area contributed by atoms with Gasteiger partial charge in [0, 0.05) is 17.7 Å². The van der Waals surface area contributed by atoms with E-state index in [4.69, 9.17) is 32.4 Å². The van der Waals surface area contributed by atoms with Gasteiger partial charge in [0.25, 0.3) is 5.22 Å². The molecule has 0 unspecified atom stereocenters. The topological polar surface area (TPSA) is 48.2 Å². The average molecular weight is 379 g/mol. The van der Waals surface area contributed by atoms with Gasteiger partial charge in [-0.25, -0.2) is 0 Å². The SMILES string of the molecule is Clc1cccc(CSc2nnc(-c3ccc4c(c3)CCO4)o2)c1Cl. The van der Waals surface area contributed by atoms with Gasteiger partial charge in [-0.3, -0.25) is 0 Å². The molecule has 24 heavy (non-hydrogen) atoms. The van der Waals surface area contributed by atoms with Crippen molar-refractivity contribution in [1.29, 1.82) is 0 Å². The Morgan fingerprint density at radius 3 is 2.96 bits per heavy atom. The number of fused-ring (bicyclic) bond motifs is 1. The van der Waals surface area contributed by atoms with Crippen LogP contribution in [-0.2, 0) is 12.2 Å². The Kier molecular flexibility index (Phi) is 4.39. The van der Waals surface area contributed by atoms with Gasteiger partial charge >= 0.3 is 0 Å². The van der Waals surface area contributed by atoms with Crippen molar-refractivity contribution >= 4 is 35.0 Å². The number of hydrogen-bond acceptors (Lipinski definition) is 5. The molecule has 1 aliphatic heterocycles. The molecule has 0 spiro atoms. The molecule has 0 N–H and O–H groups in total. The van der Waals surface area contributed by atoms with Crippen LogP contribution in [0, 0.1) is 0 Å². The molecule has 0 saturated carbocycles. The maximum Gasteiger partial charge on any atom is 0.277 e. The Morgan fingerprint density at radius 1 is 1.12 bits per heavy atom. The third kappa shape index (κ3) is 3.11. The molecule has 0 bridgehead atoms. The smallest absolute Gasteiger partial charge is 0.277 e. The summed E-state index contributed by atoms with van der Waals surface area (Å²) < 4.78 is 11.3. The van der Waals surface area contributed by atoms with E-state index in [-0.39, 0.29) is 0 Å². The number of hydrogen-bond donors (Lipinski definition) is 0. The van der Waals surface area contributed by atoms with Crippen molar-refractivity contribution in [3.63, 3.8) is 0 Å². The van der Waals surface area contributed by atoms with E-state index in [9.17, 15) is 0 Å². The largest absolute Gasteiger partial charge is 0.493 e. The van der Waals surface area contributed by atoms with Crippen LogP contribution in [0.15, 0.2) is 46.0 Å². The number of aromatic nitrogens is 2. The van der Waals surface area contributed by atoms with Crippen molar-refractivity contribution in [3.8, 4) is 17.2 Å². The molecule has 4 rings (SSSR count). The maximum atomic E-state index is 6.19. The Balaban J connectivity index is 1.50. The van der Waals surface area contributed by atoms with Gasteiger partial charge < -0.3 is 9.15 Å². The van der Waals surface area contributed by atoms with Crippen LogP contribution in [0.25, 0.3) is 11.5 Å². The van der Waals surface area contributed by atoms with Gasteiger partial charge in [-0.15, -0.1) is 10.2 Å². The quantitative estimate of drug-likeness (QED) is 0.578. The van der Waals surface area contributed by atoms with Gasteiger partial charge in [0.05, 0.1) is 16.7 Å². The Bertz CT molecular complexity index is 898. The van der Waals surface area contributed by atoms with Crippen LogP contribution < -0.4 is 4.74 Å². The molecular formula is C17H12Cl2N2O2S. The minimum absolute atomic E-state index is 0.498. The summed E-state index contributed by atoms with van der Waals surface area (Å²) in [5.41, 5.74) is 3.01. The normalized spacial score (nSPS) is 12.9. The zero-order chi connectivity index (χ0) is 16.5. The molecule has 1 aromatic heterocycles. The molecule has 0 fully saturated rings.